The number of carbonyl (C=O) groups is 1. The molecule has 2 unspecified atom stereocenters. The number of fused-ring (bicyclic) bond motifs is 2. The quantitative estimate of drug-likeness (QED) is 0.860. The zero-order chi connectivity index (χ0) is 16.4. The van der Waals surface area contributed by atoms with Gasteiger partial charge in [0.1, 0.15) is 11.5 Å². The summed E-state index contributed by atoms with van der Waals surface area (Å²) in [6.45, 7) is 1.89. The molecule has 26 heavy (non-hydrogen) atoms. The van der Waals surface area contributed by atoms with E-state index in [1.165, 1.54) is 0 Å². The molecule has 2 atom stereocenters. The third kappa shape index (κ3) is 4.29. The van der Waals surface area contributed by atoms with E-state index < -0.39 is 0 Å². The van der Waals surface area contributed by atoms with E-state index in [2.05, 4.69) is 15.2 Å². The van der Waals surface area contributed by atoms with Crippen molar-refractivity contribution in [2.24, 2.45) is 0 Å². The van der Waals surface area contributed by atoms with Crippen molar-refractivity contribution in [3.63, 3.8) is 0 Å². The minimum Gasteiger partial charge on any atom is -0.457 e. The first-order valence-corrected chi connectivity index (χ1v) is 8.52. The molecule has 2 bridgehead atoms. The van der Waals surface area contributed by atoms with Crippen LogP contribution in [0, 0.1) is 0 Å². The van der Waals surface area contributed by atoms with Crippen LogP contribution < -0.4 is 10.1 Å². The Morgan fingerprint density at radius 2 is 1.81 bits per heavy atom. The minimum absolute atomic E-state index is 0. The predicted molar refractivity (Wildman–Crippen MR) is 106 cm³/mol. The first-order valence-electron chi connectivity index (χ1n) is 8.52. The van der Waals surface area contributed by atoms with Gasteiger partial charge in [0, 0.05) is 36.6 Å². The van der Waals surface area contributed by atoms with Crippen LogP contribution in [0.25, 0.3) is 0 Å². The Morgan fingerprint density at radius 3 is 2.62 bits per heavy atom. The van der Waals surface area contributed by atoms with Gasteiger partial charge in [0.05, 0.1) is 0 Å². The molecule has 3 heterocycles. The number of carbonyl (C=O) groups excluding carboxylic acids is 1. The Balaban J connectivity index is 0.00000121. The van der Waals surface area contributed by atoms with Gasteiger partial charge in [-0.15, -0.1) is 24.8 Å². The number of benzene rings is 1. The zero-order valence-corrected chi connectivity index (χ0v) is 16.0. The summed E-state index contributed by atoms with van der Waals surface area (Å²) in [6.07, 6.45) is 6.62. The maximum absolute atomic E-state index is 13.1. The van der Waals surface area contributed by atoms with E-state index in [0.29, 0.717) is 29.1 Å². The van der Waals surface area contributed by atoms with Gasteiger partial charge < -0.3 is 15.0 Å². The van der Waals surface area contributed by atoms with Crippen LogP contribution >= 0.6 is 24.8 Å². The molecule has 2 aliphatic heterocycles. The fourth-order valence-electron chi connectivity index (χ4n) is 3.70. The third-order valence-corrected chi connectivity index (χ3v) is 4.86. The van der Waals surface area contributed by atoms with E-state index in [0.717, 1.165) is 32.4 Å². The second-order valence-corrected chi connectivity index (χ2v) is 6.40. The van der Waals surface area contributed by atoms with Crippen molar-refractivity contribution in [3.8, 4) is 11.5 Å². The molecule has 4 rings (SSSR count). The van der Waals surface area contributed by atoms with Crippen molar-refractivity contribution in [1.82, 2.24) is 15.2 Å². The van der Waals surface area contributed by atoms with Crippen LogP contribution in [0.15, 0.2) is 48.8 Å². The molecule has 7 heteroatoms. The monoisotopic (exact) mass is 395 g/mol. The minimum atomic E-state index is 0. The van der Waals surface area contributed by atoms with Crippen LogP contribution in [0.5, 0.6) is 11.5 Å². The highest BCUT2D eigenvalue weighted by molar-refractivity contribution is 5.95. The number of pyridine rings is 1. The zero-order valence-electron chi connectivity index (χ0n) is 14.3. The number of nitrogens with one attached hydrogen (secondary N) is 1. The number of ether oxygens (including phenoxy) is 1. The Labute approximate surface area is 166 Å². The van der Waals surface area contributed by atoms with Crippen molar-refractivity contribution in [2.45, 2.75) is 31.3 Å². The van der Waals surface area contributed by atoms with E-state index in [9.17, 15) is 4.79 Å². The van der Waals surface area contributed by atoms with Crippen LogP contribution in [-0.2, 0) is 0 Å². The number of aromatic nitrogens is 1. The first kappa shape index (κ1) is 20.5. The highest BCUT2D eigenvalue weighted by Crippen LogP contribution is 2.30. The van der Waals surface area contributed by atoms with Crippen LogP contribution in [0.2, 0.25) is 0 Å². The second-order valence-electron chi connectivity index (χ2n) is 6.40. The number of amides is 1. The Morgan fingerprint density at radius 1 is 1.04 bits per heavy atom. The third-order valence-electron chi connectivity index (χ3n) is 4.86. The lowest BCUT2D eigenvalue weighted by molar-refractivity contribution is 0.0680. The Hall–Kier alpha value is -1.82. The first-order chi connectivity index (χ1) is 11.8. The van der Waals surface area contributed by atoms with E-state index >= 15 is 0 Å². The molecule has 2 fully saturated rings. The van der Waals surface area contributed by atoms with Crippen LogP contribution in [-0.4, -0.2) is 41.0 Å². The molecule has 2 saturated heterocycles. The van der Waals surface area contributed by atoms with E-state index in [4.69, 9.17) is 4.74 Å². The molecule has 140 valence electrons. The molecular formula is C19H23Cl2N3O2. The summed E-state index contributed by atoms with van der Waals surface area (Å²) >= 11 is 0. The van der Waals surface area contributed by atoms with Gasteiger partial charge in [-0.1, -0.05) is 6.07 Å². The summed E-state index contributed by atoms with van der Waals surface area (Å²) in [4.78, 5) is 19.1. The number of halogens is 2. The maximum Gasteiger partial charge on any atom is 0.254 e. The van der Waals surface area contributed by atoms with Gasteiger partial charge in [-0.05, 0) is 56.1 Å². The predicted octanol–water partition coefficient (Wildman–Crippen LogP) is 3.68. The molecule has 1 aromatic carbocycles. The number of hydrogen-bond donors (Lipinski definition) is 1. The molecule has 0 saturated carbocycles. The maximum atomic E-state index is 13.1. The molecule has 1 aromatic heterocycles. The lowest BCUT2D eigenvalue weighted by Gasteiger charge is -2.28. The SMILES string of the molecule is Cl.Cl.O=C(c1cccc(Oc2ccncc2)c1)N1C2CCNCC1CC2. The Kier molecular flexibility index (Phi) is 7.26. The average molecular weight is 396 g/mol. The van der Waals surface area contributed by atoms with Gasteiger partial charge in [0.15, 0.2) is 0 Å². The van der Waals surface area contributed by atoms with Gasteiger partial charge in [0.25, 0.3) is 5.91 Å². The molecular weight excluding hydrogens is 373 g/mol. The van der Waals surface area contributed by atoms with Gasteiger partial charge in [0.2, 0.25) is 0 Å². The summed E-state index contributed by atoms with van der Waals surface area (Å²) < 4.78 is 5.83. The molecule has 2 aliphatic rings. The molecule has 5 nitrogen and oxygen atoms in total. The fraction of sp³-hybridized carbons (Fsp3) is 0.368. The fourth-order valence-corrected chi connectivity index (χ4v) is 3.70. The molecule has 2 aromatic rings. The average Bonchev–Trinajstić information content (AvgIpc) is 2.88. The number of hydrogen-bond acceptors (Lipinski definition) is 4. The van der Waals surface area contributed by atoms with Gasteiger partial charge in [-0.3, -0.25) is 9.78 Å². The largest absolute Gasteiger partial charge is 0.457 e. The van der Waals surface area contributed by atoms with Crippen molar-refractivity contribution >= 4 is 30.7 Å². The van der Waals surface area contributed by atoms with Crippen molar-refractivity contribution in [2.75, 3.05) is 13.1 Å². The molecule has 0 aliphatic carbocycles. The molecule has 0 spiro atoms. The van der Waals surface area contributed by atoms with Crippen LogP contribution in [0.1, 0.15) is 29.6 Å². The van der Waals surface area contributed by atoms with Crippen molar-refractivity contribution in [3.05, 3.63) is 54.4 Å². The highest BCUT2D eigenvalue weighted by Gasteiger charge is 2.38. The summed E-state index contributed by atoms with van der Waals surface area (Å²) in [7, 11) is 0. The van der Waals surface area contributed by atoms with E-state index in [-0.39, 0.29) is 30.7 Å². The topological polar surface area (TPSA) is 54.5 Å². The van der Waals surface area contributed by atoms with Crippen molar-refractivity contribution < 1.29 is 9.53 Å². The smallest absolute Gasteiger partial charge is 0.254 e. The summed E-state index contributed by atoms with van der Waals surface area (Å²) in [5.74, 6) is 1.51. The van der Waals surface area contributed by atoms with Crippen molar-refractivity contribution in [1.29, 1.82) is 0 Å². The summed E-state index contributed by atoms with van der Waals surface area (Å²) in [5.41, 5.74) is 0.695. The molecule has 0 radical (unpaired) electrons. The standard InChI is InChI=1S/C19H21N3O2.2ClH/c23-19(22-15-4-5-16(22)13-21-9-6-15)14-2-1-3-18(12-14)24-17-7-10-20-11-8-17;;/h1-3,7-8,10-12,15-16,21H,4-6,9,13H2;2*1H. The van der Waals surface area contributed by atoms with Crippen LogP contribution in [0.3, 0.4) is 0 Å². The summed E-state index contributed by atoms with van der Waals surface area (Å²) in [5, 5.41) is 3.43. The summed E-state index contributed by atoms with van der Waals surface area (Å²) in [6, 6.07) is 11.7. The normalized spacial score (nSPS) is 21.2. The number of rotatable bonds is 3. The lowest BCUT2D eigenvalue weighted by Crippen LogP contribution is -2.42. The Bertz CT molecular complexity index is 716. The van der Waals surface area contributed by atoms with Gasteiger partial charge in [-0.2, -0.15) is 0 Å². The number of nitrogens with zero attached hydrogens (tertiary/aromatic N) is 2. The van der Waals surface area contributed by atoms with Gasteiger partial charge in [-0.25, -0.2) is 0 Å². The van der Waals surface area contributed by atoms with Crippen LogP contribution in [0.4, 0.5) is 0 Å². The van der Waals surface area contributed by atoms with E-state index in [1.807, 2.05) is 24.3 Å². The van der Waals surface area contributed by atoms with E-state index in [1.54, 1.807) is 24.5 Å². The molecule has 1 amide bonds. The highest BCUT2D eigenvalue weighted by atomic mass is 35.5. The van der Waals surface area contributed by atoms with Gasteiger partial charge >= 0.3 is 0 Å². The molecule has 1 N–H and O–H groups in total. The lowest BCUT2D eigenvalue weighted by atomic mass is 10.1. The second kappa shape index (κ2) is 9.21.